The summed E-state index contributed by atoms with van der Waals surface area (Å²) in [6.07, 6.45) is -3.29. The van der Waals surface area contributed by atoms with Gasteiger partial charge in [0.15, 0.2) is 0 Å². The Bertz CT molecular complexity index is 514. The molecule has 0 spiro atoms. The zero-order valence-electron chi connectivity index (χ0n) is 11.4. The van der Waals surface area contributed by atoms with Crippen LogP contribution in [0.1, 0.15) is 36.3 Å². The SMILES string of the molecule is CCC(C)[C@H](NC(=O)c1ccc(C(F)(F)F)nc1)C(=O)O. The van der Waals surface area contributed by atoms with E-state index in [1.807, 2.05) is 0 Å². The van der Waals surface area contributed by atoms with E-state index in [9.17, 15) is 22.8 Å². The number of aromatic nitrogens is 1. The van der Waals surface area contributed by atoms with E-state index >= 15 is 0 Å². The molecule has 5 nitrogen and oxygen atoms in total. The molecule has 1 aromatic rings. The second kappa shape index (κ2) is 6.55. The zero-order valence-corrected chi connectivity index (χ0v) is 11.4. The minimum absolute atomic E-state index is 0.127. The van der Waals surface area contributed by atoms with Crippen LogP contribution in [0.3, 0.4) is 0 Å². The lowest BCUT2D eigenvalue weighted by molar-refractivity contribution is -0.141. The second-order valence-electron chi connectivity index (χ2n) is 4.60. The molecule has 0 saturated heterocycles. The summed E-state index contributed by atoms with van der Waals surface area (Å²) in [6, 6.07) is 0.527. The molecule has 116 valence electrons. The third kappa shape index (κ3) is 4.44. The molecule has 0 fully saturated rings. The van der Waals surface area contributed by atoms with Crippen LogP contribution in [-0.2, 0) is 11.0 Å². The maximum absolute atomic E-state index is 12.3. The summed E-state index contributed by atoms with van der Waals surface area (Å²) in [5, 5.41) is 11.3. The predicted molar refractivity (Wildman–Crippen MR) is 67.6 cm³/mol. The molecule has 0 radical (unpaired) electrons. The van der Waals surface area contributed by atoms with Crippen LogP contribution in [0.15, 0.2) is 18.3 Å². The summed E-state index contributed by atoms with van der Waals surface area (Å²) in [5.41, 5.74) is -1.24. The van der Waals surface area contributed by atoms with Crippen molar-refractivity contribution in [2.24, 2.45) is 5.92 Å². The first-order chi connectivity index (χ1) is 9.66. The molecule has 0 bridgehead atoms. The summed E-state index contributed by atoms with van der Waals surface area (Å²) in [6.45, 7) is 3.43. The monoisotopic (exact) mass is 304 g/mol. The lowest BCUT2D eigenvalue weighted by atomic mass is 9.99. The molecule has 0 aliphatic rings. The van der Waals surface area contributed by atoms with Crippen molar-refractivity contribution in [3.63, 3.8) is 0 Å². The average Bonchev–Trinajstić information content (AvgIpc) is 2.42. The lowest BCUT2D eigenvalue weighted by Gasteiger charge is -2.20. The lowest BCUT2D eigenvalue weighted by Crippen LogP contribution is -2.45. The van der Waals surface area contributed by atoms with Crippen molar-refractivity contribution >= 4 is 11.9 Å². The minimum Gasteiger partial charge on any atom is -0.480 e. The van der Waals surface area contributed by atoms with Gasteiger partial charge in [0.25, 0.3) is 5.91 Å². The number of rotatable bonds is 5. The van der Waals surface area contributed by atoms with Gasteiger partial charge < -0.3 is 10.4 Å². The number of amides is 1. The Hall–Kier alpha value is -2.12. The summed E-state index contributed by atoms with van der Waals surface area (Å²) < 4.78 is 37.0. The molecule has 0 aromatic carbocycles. The highest BCUT2D eigenvalue weighted by Gasteiger charge is 2.32. The number of hydrogen-bond acceptors (Lipinski definition) is 3. The Kier molecular flexibility index (Phi) is 5.28. The third-order valence-electron chi connectivity index (χ3n) is 3.08. The van der Waals surface area contributed by atoms with Gasteiger partial charge in [0.05, 0.1) is 5.56 Å². The van der Waals surface area contributed by atoms with Crippen molar-refractivity contribution in [1.82, 2.24) is 10.3 Å². The average molecular weight is 304 g/mol. The Morgan fingerprint density at radius 2 is 2.00 bits per heavy atom. The standard InChI is InChI=1S/C13H15F3N2O3/c1-3-7(2)10(12(20)21)18-11(19)8-4-5-9(17-6-8)13(14,15)16/h4-7,10H,3H2,1-2H3,(H,18,19)(H,20,21)/t7?,10-/m0/s1. The largest absolute Gasteiger partial charge is 0.480 e. The maximum atomic E-state index is 12.3. The summed E-state index contributed by atoms with van der Waals surface area (Å²) >= 11 is 0. The van der Waals surface area contributed by atoms with Gasteiger partial charge in [-0.2, -0.15) is 13.2 Å². The van der Waals surface area contributed by atoms with Crippen LogP contribution in [0.5, 0.6) is 0 Å². The minimum atomic E-state index is -4.59. The Balaban J connectivity index is 2.86. The van der Waals surface area contributed by atoms with Crippen LogP contribution in [-0.4, -0.2) is 28.0 Å². The number of aliphatic carboxylic acids is 1. The number of pyridine rings is 1. The van der Waals surface area contributed by atoms with Gasteiger partial charge in [-0.25, -0.2) is 4.79 Å². The molecule has 0 aliphatic heterocycles. The molecule has 1 heterocycles. The van der Waals surface area contributed by atoms with E-state index in [1.54, 1.807) is 13.8 Å². The van der Waals surface area contributed by atoms with Crippen LogP contribution < -0.4 is 5.32 Å². The first-order valence-electron chi connectivity index (χ1n) is 6.23. The highest BCUT2D eigenvalue weighted by atomic mass is 19.4. The first-order valence-corrected chi connectivity index (χ1v) is 6.23. The van der Waals surface area contributed by atoms with Crippen molar-refractivity contribution in [1.29, 1.82) is 0 Å². The van der Waals surface area contributed by atoms with Gasteiger partial charge in [-0.05, 0) is 18.1 Å². The van der Waals surface area contributed by atoms with Gasteiger partial charge in [-0.1, -0.05) is 20.3 Å². The number of carbonyl (C=O) groups excluding carboxylic acids is 1. The van der Waals surface area contributed by atoms with Crippen LogP contribution >= 0.6 is 0 Å². The van der Waals surface area contributed by atoms with Crippen LogP contribution in [0.25, 0.3) is 0 Å². The first kappa shape index (κ1) is 16.9. The van der Waals surface area contributed by atoms with E-state index in [1.165, 1.54) is 0 Å². The number of halogens is 3. The van der Waals surface area contributed by atoms with Crippen molar-refractivity contribution in [3.05, 3.63) is 29.6 Å². The number of alkyl halides is 3. The zero-order chi connectivity index (χ0) is 16.2. The normalized spacial score (nSPS) is 14.3. The van der Waals surface area contributed by atoms with Crippen LogP contribution in [0.2, 0.25) is 0 Å². The molecule has 0 saturated carbocycles. The van der Waals surface area contributed by atoms with Gasteiger partial charge in [0.1, 0.15) is 11.7 Å². The van der Waals surface area contributed by atoms with Crippen molar-refractivity contribution in [2.45, 2.75) is 32.5 Å². The van der Waals surface area contributed by atoms with E-state index in [4.69, 9.17) is 5.11 Å². The topological polar surface area (TPSA) is 79.3 Å². The highest BCUT2D eigenvalue weighted by Crippen LogP contribution is 2.27. The summed E-state index contributed by atoms with van der Waals surface area (Å²) in [5.74, 6) is -2.28. The molecular weight excluding hydrogens is 289 g/mol. The molecule has 1 unspecified atom stereocenters. The molecule has 2 atom stereocenters. The van der Waals surface area contributed by atoms with E-state index in [2.05, 4.69) is 10.3 Å². The highest BCUT2D eigenvalue weighted by molar-refractivity contribution is 5.96. The molecule has 1 amide bonds. The number of carboxylic acids is 1. The Labute approximate surface area is 119 Å². The number of nitrogens with zero attached hydrogens (tertiary/aromatic N) is 1. The van der Waals surface area contributed by atoms with E-state index in [0.717, 1.165) is 12.3 Å². The molecule has 21 heavy (non-hydrogen) atoms. The van der Waals surface area contributed by atoms with Gasteiger partial charge in [-0.15, -0.1) is 0 Å². The molecule has 2 N–H and O–H groups in total. The summed E-state index contributed by atoms with van der Waals surface area (Å²) in [4.78, 5) is 26.1. The second-order valence-corrected chi connectivity index (χ2v) is 4.60. The molecule has 1 aromatic heterocycles. The van der Waals surface area contributed by atoms with Gasteiger partial charge in [0.2, 0.25) is 0 Å². The van der Waals surface area contributed by atoms with Crippen LogP contribution in [0.4, 0.5) is 13.2 Å². The van der Waals surface area contributed by atoms with Crippen LogP contribution in [0, 0.1) is 5.92 Å². The number of carbonyl (C=O) groups is 2. The summed E-state index contributed by atoms with van der Waals surface area (Å²) in [7, 11) is 0. The quantitative estimate of drug-likeness (QED) is 0.875. The third-order valence-corrected chi connectivity index (χ3v) is 3.08. The van der Waals surface area contributed by atoms with Gasteiger partial charge >= 0.3 is 12.1 Å². The molecule has 0 aliphatic carbocycles. The van der Waals surface area contributed by atoms with Crippen molar-refractivity contribution < 1.29 is 27.9 Å². The van der Waals surface area contributed by atoms with E-state index in [0.29, 0.717) is 12.5 Å². The number of nitrogens with one attached hydrogen (secondary N) is 1. The molecule has 8 heteroatoms. The van der Waals surface area contributed by atoms with Gasteiger partial charge in [-0.3, -0.25) is 9.78 Å². The fourth-order valence-corrected chi connectivity index (χ4v) is 1.60. The Morgan fingerprint density at radius 1 is 1.38 bits per heavy atom. The van der Waals surface area contributed by atoms with E-state index in [-0.39, 0.29) is 11.5 Å². The number of carboxylic acid groups (broad SMARTS) is 1. The predicted octanol–water partition coefficient (Wildman–Crippen LogP) is 2.33. The molecular formula is C13H15F3N2O3. The van der Waals surface area contributed by atoms with Crippen molar-refractivity contribution in [3.8, 4) is 0 Å². The van der Waals surface area contributed by atoms with Crippen molar-refractivity contribution in [2.75, 3.05) is 0 Å². The Morgan fingerprint density at radius 3 is 2.38 bits per heavy atom. The smallest absolute Gasteiger partial charge is 0.433 e. The number of hydrogen-bond donors (Lipinski definition) is 2. The van der Waals surface area contributed by atoms with Gasteiger partial charge in [0, 0.05) is 6.20 Å². The fraction of sp³-hybridized carbons (Fsp3) is 0.462. The maximum Gasteiger partial charge on any atom is 0.433 e. The fourth-order valence-electron chi connectivity index (χ4n) is 1.60. The van der Waals surface area contributed by atoms with E-state index < -0.39 is 29.8 Å². The molecule has 1 rings (SSSR count).